The minimum Gasteiger partial charge on any atom is -0.322 e. The van der Waals surface area contributed by atoms with Crippen LogP contribution in [-0.4, -0.2) is 30.1 Å². The number of aryl methyl sites for hydroxylation is 2. The Morgan fingerprint density at radius 2 is 1.84 bits per heavy atom. The Bertz CT molecular complexity index is 1590. The Morgan fingerprint density at radius 1 is 1.05 bits per heavy atom. The third kappa shape index (κ3) is 5.19. The van der Waals surface area contributed by atoms with Gasteiger partial charge in [-0.05, 0) is 84.8 Å². The molecule has 5 aromatic rings. The van der Waals surface area contributed by atoms with Crippen molar-refractivity contribution in [1.29, 1.82) is 0 Å². The standard InChI is InChI=1S/C30H34N6OS/c1-6-30(4,5)36-28(32-33-34-36)27(25-17-24-21(3)15-20(2)16-26(24)31-29(25)37)35(19-23-13-10-14-38-23)18-22-11-8-7-9-12-22/h7-17,27H,6,18-19H2,1-5H3,(H,31,37)/t27-/m0/s1. The van der Waals surface area contributed by atoms with Crippen LogP contribution in [0.15, 0.2) is 70.8 Å². The number of tetrazole rings is 1. The molecule has 3 heterocycles. The summed E-state index contributed by atoms with van der Waals surface area (Å²) in [5, 5.41) is 16.2. The maximum Gasteiger partial charge on any atom is 0.253 e. The van der Waals surface area contributed by atoms with Crippen molar-refractivity contribution < 1.29 is 0 Å². The Morgan fingerprint density at radius 3 is 2.55 bits per heavy atom. The van der Waals surface area contributed by atoms with Crippen molar-refractivity contribution in [3.05, 3.63) is 109 Å². The highest BCUT2D eigenvalue weighted by atomic mass is 32.1. The number of nitrogens with zero attached hydrogens (tertiary/aromatic N) is 5. The summed E-state index contributed by atoms with van der Waals surface area (Å²) in [7, 11) is 0. The highest BCUT2D eigenvalue weighted by Gasteiger charge is 2.34. The molecule has 5 rings (SSSR count). The average molecular weight is 527 g/mol. The molecule has 0 aliphatic rings. The molecule has 2 aromatic carbocycles. The van der Waals surface area contributed by atoms with Crippen molar-refractivity contribution in [3.8, 4) is 0 Å². The number of thiophene rings is 1. The molecule has 0 saturated carbocycles. The Balaban J connectivity index is 1.75. The largest absolute Gasteiger partial charge is 0.322 e. The predicted molar refractivity (Wildman–Crippen MR) is 153 cm³/mol. The van der Waals surface area contributed by atoms with Gasteiger partial charge in [-0.1, -0.05) is 49.4 Å². The van der Waals surface area contributed by atoms with Crippen molar-refractivity contribution in [1.82, 2.24) is 30.1 Å². The molecule has 196 valence electrons. The van der Waals surface area contributed by atoms with E-state index in [9.17, 15) is 4.79 Å². The molecule has 0 saturated heterocycles. The number of fused-ring (bicyclic) bond motifs is 1. The topological polar surface area (TPSA) is 79.7 Å². The van der Waals surface area contributed by atoms with E-state index in [1.54, 1.807) is 11.3 Å². The fourth-order valence-electron chi connectivity index (χ4n) is 5.00. The van der Waals surface area contributed by atoms with Gasteiger partial charge >= 0.3 is 0 Å². The first kappa shape index (κ1) is 26.0. The monoisotopic (exact) mass is 526 g/mol. The van der Waals surface area contributed by atoms with Gasteiger partial charge in [-0.3, -0.25) is 9.69 Å². The lowest BCUT2D eigenvalue weighted by Gasteiger charge is -2.33. The summed E-state index contributed by atoms with van der Waals surface area (Å²) >= 11 is 1.71. The lowest BCUT2D eigenvalue weighted by molar-refractivity contribution is 0.182. The number of benzene rings is 2. The highest BCUT2D eigenvalue weighted by Crippen LogP contribution is 2.33. The van der Waals surface area contributed by atoms with E-state index >= 15 is 0 Å². The van der Waals surface area contributed by atoms with Gasteiger partial charge in [0.2, 0.25) is 0 Å². The van der Waals surface area contributed by atoms with E-state index in [4.69, 9.17) is 0 Å². The SMILES string of the molecule is CCC(C)(C)n1nnnc1[C@H](c1cc2c(C)cc(C)cc2[nH]c1=O)N(Cc1ccccc1)Cc1cccs1. The minimum atomic E-state index is -0.466. The maximum absolute atomic E-state index is 13.8. The van der Waals surface area contributed by atoms with Crippen LogP contribution in [0.4, 0.5) is 0 Å². The van der Waals surface area contributed by atoms with Crippen LogP contribution < -0.4 is 5.56 Å². The molecule has 0 unspecified atom stereocenters. The quantitative estimate of drug-likeness (QED) is 0.250. The molecule has 38 heavy (non-hydrogen) atoms. The van der Waals surface area contributed by atoms with E-state index < -0.39 is 6.04 Å². The lowest BCUT2D eigenvalue weighted by atomic mass is 9.97. The summed E-state index contributed by atoms with van der Waals surface area (Å²) in [4.78, 5) is 20.5. The number of aromatic amines is 1. The summed E-state index contributed by atoms with van der Waals surface area (Å²) in [6.45, 7) is 11.8. The first-order valence-corrected chi connectivity index (χ1v) is 13.9. The third-order valence-electron chi connectivity index (χ3n) is 7.35. The van der Waals surface area contributed by atoms with Crippen molar-refractivity contribution in [2.24, 2.45) is 0 Å². The minimum absolute atomic E-state index is 0.124. The van der Waals surface area contributed by atoms with Crippen LogP contribution >= 0.6 is 11.3 Å². The summed E-state index contributed by atoms with van der Waals surface area (Å²) in [5.74, 6) is 0.666. The van der Waals surface area contributed by atoms with Crippen molar-refractivity contribution in [3.63, 3.8) is 0 Å². The van der Waals surface area contributed by atoms with Crippen molar-refractivity contribution >= 4 is 22.2 Å². The first-order chi connectivity index (χ1) is 18.3. The zero-order valence-electron chi connectivity index (χ0n) is 22.6. The zero-order valence-corrected chi connectivity index (χ0v) is 23.4. The Hall–Kier alpha value is -3.62. The number of H-pyrrole nitrogens is 1. The summed E-state index contributed by atoms with van der Waals surface area (Å²) in [6, 6.07) is 20.3. The normalized spacial score (nSPS) is 12.9. The molecule has 0 aliphatic heterocycles. The summed E-state index contributed by atoms with van der Waals surface area (Å²) in [6.07, 6.45) is 0.841. The van der Waals surface area contributed by atoms with Gasteiger partial charge in [-0.2, -0.15) is 0 Å². The molecule has 7 nitrogen and oxygen atoms in total. The molecule has 0 spiro atoms. The van der Waals surface area contributed by atoms with Gasteiger partial charge in [0.25, 0.3) is 5.56 Å². The number of nitrogens with one attached hydrogen (secondary N) is 1. The molecule has 3 aromatic heterocycles. The van der Waals surface area contributed by atoms with Gasteiger partial charge in [-0.25, -0.2) is 4.68 Å². The number of hydrogen-bond donors (Lipinski definition) is 1. The molecule has 0 radical (unpaired) electrons. The van der Waals surface area contributed by atoms with Crippen LogP contribution in [-0.2, 0) is 18.6 Å². The Kier molecular flexibility index (Phi) is 7.27. The average Bonchev–Trinajstić information content (AvgIpc) is 3.58. The van der Waals surface area contributed by atoms with Crippen LogP contribution in [0.2, 0.25) is 0 Å². The van der Waals surface area contributed by atoms with E-state index in [0.29, 0.717) is 24.5 Å². The maximum atomic E-state index is 13.8. The van der Waals surface area contributed by atoms with E-state index in [0.717, 1.165) is 34.0 Å². The number of rotatable bonds is 9. The van der Waals surface area contributed by atoms with E-state index in [2.05, 4.69) is 88.8 Å². The second-order valence-electron chi connectivity index (χ2n) is 10.6. The van der Waals surface area contributed by atoms with Crippen LogP contribution in [0, 0.1) is 13.8 Å². The van der Waals surface area contributed by atoms with Crippen LogP contribution in [0.25, 0.3) is 10.9 Å². The van der Waals surface area contributed by atoms with E-state index in [-0.39, 0.29) is 11.1 Å². The fourth-order valence-corrected chi connectivity index (χ4v) is 5.73. The lowest BCUT2D eigenvalue weighted by Crippen LogP contribution is -2.37. The molecule has 1 N–H and O–H groups in total. The summed E-state index contributed by atoms with van der Waals surface area (Å²) in [5.41, 5.74) is 4.43. The number of aromatic nitrogens is 5. The van der Waals surface area contributed by atoms with E-state index in [1.807, 2.05) is 41.9 Å². The second kappa shape index (κ2) is 10.6. The molecule has 8 heteroatoms. The smallest absolute Gasteiger partial charge is 0.253 e. The molecular formula is C30H34N6OS. The van der Waals surface area contributed by atoms with Crippen molar-refractivity contribution in [2.75, 3.05) is 0 Å². The predicted octanol–water partition coefficient (Wildman–Crippen LogP) is 6.13. The number of pyridine rings is 1. The van der Waals surface area contributed by atoms with Crippen molar-refractivity contribution in [2.45, 2.75) is 65.7 Å². The third-order valence-corrected chi connectivity index (χ3v) is 8.21. The zero-order chi connectivity index (χ0) is 26.9. The number of hydrogen-bond acceptors (Lipinski definition) is 6. The molecule has 0 fully saturated rings. The van der Waals surface area contributed by atoms with Crippen LogP contribution in [0.1, 0.15) is 66.2 Å². The first-order valence-electron chi connectivity index (χ1n) is 13.0. The molecule has 1 atom stereocenters. The van der Waals surface area contributed by atoms with Gasteiger partial charge in [-0.15, -0.1) is 16.4 Å². The molecule has 0 amide bonds. The van der Waals surface area contributed by atoms with Crippen LogP contribution in [0.5, 0.6) is 0 Å². The van der Waals surface area contributed by atoms with E-state index in [1.165, 1.54) is 4.88 Å². The van der Waals surface area contributed by atoms with Gasteiger partial charge in [0.1, 0.15) is 6.04 Å². The fraction of sp³-hybridized carbons (Fsp3) is 0.333. The summed E-state index contributed by atoms with van der Waals surface area (Å²) < 4.78 is 1.90. The van der Waals surface area contributed by atoms with Gasteiger partial charge in [0.15, 0.2) is 5.82 Å². The molecule has 0 bridgehead atoms. The second-order valence-corrected chi connectivity index (χ2v) is 11.6. The highest BCUT2D eigenvalue weighted by molar-refractivity contribution is 7.09. The van der Waals surface area contributed by atoms with Crippen LogP contribution in [0.3, 0.4) is 0 Å². The molecule has 0 aliphatic carbocycles. The molecular weight excluding hydrogens is 492 g/mol. The van der Waals surface area contributed by atoms with Gasteiger partial charge in [0, 0.05) is 34.4 Å². The van der Waals surface area contributed by atoms with Gasteiger partial charge < -0.3 is 4.98 Å². The van der Waals surface area contributed by atoms with Gasteiger partial charge in [0.05, 0.1) is 5.54 Å². The Labute approximate surface area is 227 Å².